The van der Waals surface area contributed by atoms with Gasteiger partial charge >= 0.3 is 0 Å². The third-order valence-electron chi connectivity index (χ3n) is 4.48. The molecular weight excluding hydrogens is 351 g/mol. The normalized spacial score (nSPS) is 21.8. The maximum atomic E-state index is 12.5. The summed E-state index contributed by atoms with van der Waals surface area (Å²) in [5.74, 6) is 0.201. The summed E-state index contributed by atoms with van der Waals surface area (Å²) in [6, 6.07) is 7.89. The molecule has 2 heterocycles. The van der Waals surface area contributed by atoms with Crippen LogP contribution in [-0.2, 0) is 0 Å². The number of piperidine rings is 1. The molecule has 0 radical (unpaired) electrons. The summed E-state index contributed by atoms with van der Waals surface area (Å²) < 4.78 is 1.17. The largest absolute Gasteiger partial charge is 0.338 e. The first-order chi connectivity index (χ1) is 9.19. The molecule has 1 spiro atoms. The van der Waals surface area contributed by atoms with Gasteiger partial charge in [0, 0.05) is 22.2 Å². The van der Waals surface area contributed by atoms with Gasteiger partial charge in [-0.25, -0.2) is 0 Å². The van der Waals surface area contributed by atoms with Crippen LogP contribution in [0.3, 0.4) is 0 Å². The lowest BCUT2D eigenvalue weighted by molar-refractivity contribution is 0.0762. The minimum Gasteiger partial charge on any atom is -0.338 e. The molecule has 1 amide bonds. The van der Waals surface area contributed by atoms with E-state index in [2.05, 4.69) is 27.9 Å². The number of likely N-dealkylation sites (tertiary alicyclic amines) is 1. The molecule has 3 nitrogen and oxygen atoms in total. The number of amides is 1. The highest BCUT2D eigenvalue weighted by Gasteiger charge is 2.40. The Hall–Kier alpha value is -0.620. The van der Waals surface area contributed by atoms with Gasteiger partial charge < -0.3 is 10.2 Å². The van der Waals surface area contributed by atoms with Crippen LogP contribution in [0, 0.1) is 8.99 Å². The number of hydrogen-bond donors (Lipinski definition) is 1. The van der Waals surface area contributed by atoms with Gasteiger partial charge in [0.25, 0.3) is 5.91 Å². The molecule has 2 saturated heterocycles. The monoisotopic (exact) mass is 370 g/mol. The summed E-state index contributed by atoms with van der Waals surface area (Å²) in [6.45, 7) is 4.07. The maximum absolute atomic E-state index is 12.5. The first kappa shape index (κ1) is 13.4. The molecule has 1 aromatic rings. The topological polar surface area (TPSA) is 32.3 Å². The number of carbonyl (C=O) groups excluding carboxylic acids is 1. The van der Waals surface area contributed by atoms with E-state index in [-0.39, 0.29) is 5.91 Å². The molecule has 0 unspecified atom stereocenters. The van der Waals surface area contributed by atoms with Gasteiger partial charge in [0.05, 0.1) is 0 Å². The van der Waals surface area contributed by atoms with Crippen molar-refractivity contribution in [3.05, 3.63) is 33.4 Å². The van der Waals surface area contributed by atoms with Crippen molar-refractivity contribution in [3.63, 3.8) is 0 Å². The van der Waals surface area contributed by atoms with Crippen LogP contribution < -0.4 is 5.32 Å². The van der Waals surface area contributed by atoms with Crippen LogP contribution in [0.5, 0.6) is 0 Å². The van der Waals surface area contributed by atoms with Crippen LogP contribution in [0.25, 0.3) is 0 Å². The van der Waals surface area contributed by atoms with Gasteiger partial charge in [-0.1, -0.05) is 0 Å². The fraction of sp³-hybridized carbons (Fsp3) is 0.533. The van der Waals surface area contributed by atoms with Gasteiger partial charge in [0.1, 0.15) is 0 Å². The molecule has 2 fully saturated rings. The molecule has 2 aliphatic heterocycles. The zero-order chi connectivity index (χ0) is 13.3. The second-order valence-electron chi connectivity index (χ2n) is 5.73. The predicted octanol–water partition coefficient (Wildman–Crippen LogP) is 2.51. The van der Waals surface area contributed by atoms with E-state index in [1.54, 1.807) is 0 Å². The first-order valence-corrected chi connectivity index (χ1v) is 8.02. The van der Waals surface area contributed by atoms with E-state index < -0.39 is 0 Å². The third-order valence-corrected chi connectivity index (χ3v) is 5.20. The Morgan fingerprint density at radius 2 is 1.84 bits per heavy atom. The van der Waals surface area contributed by atoms with Gasteiger partial charge in [0.2, 0.25) is 0 Å². The Bertz CT molecular complexity index is 466. The van der Waals surface area contributed by atoms with Crippen LogP contribution >= 0.6 is 22.6 Å². The minimum atomic E-state index is 0.201. The van der Waals surface area contributed by atoms with Gasteiger partial charge in [-0.2, -0.15) is 0 Å². The maximum Gasteiger partial charge on any atom is 0.253 e. The number of rotatable bonds is 1. The van der Waals surface area contributed by atoms with Gasteiger partial charge in [-0.3, -0.25) is 4.79 Å². The number of benzene rings is 1. The van der Waals surface area contributed by atoms with Crippen LogP contribution in [0.2, 0.25) is 0 Å². The average molecular weight is 370 g/mol. The van der Waals surface area contributed by atoms with Crippen molar-refractivity contribution in [1.29, 1.82) is 0 Å². The molecule has 0 aromatic heterocycles. The van der Waals surface area contributed by atoms with E-state index in [0.29, 0.717) is 5.41 Å². The Labute approximate surface area is 127 Å². The van der Waals surface area contributed by atoms with Gasteiger partial charge in [-0.15, -0.1) is 0 Å². The number of nitrogens with one attached hydrogen (secondary N) is 1. The molecule has 1 N–H and O–H groups in total. The van der Waals surface area contributed by atoms with Crippen molar-refractivity contribution in [2.75, 3.05) is 26.2 Å². The van der Waals surface area contributed by atoms with Gasteiger partial charge in [0.15, 0.2) is 0 Å². The molecule has 19 heavy (non-hydrogen) atoms. The fourth-order valence-electron chi connectivity index (χ4n) is 3.25. The standard InChI is InChI=1S/C15H19IN2O/c16-13-3-1-12(2-4-13)14(19)18-10-7-15(11-18)5-8-17-9-6-15/h1-4,17H,5-11H2. The van der Waals surface area contributed by atoms with Crippen molar-refractivity contribution in [3.8, 4) is 0 Å². The lowest BCUT2D eigenvalue weighted by atomic mass is 9.78. The number of nitrogens with zero attached hydrogens (tertiary/aromatic N) is 1. The Kier molecular flexibility index (Phi) is 3.80. The van der Waals surface area contributed by atoms with E-state index in [9.17, 15) is 4.79 Å². The molecule has 1 aromatic carbocycles. The summed E-state index contributed by atoms with van der Waals surface area (Å²) in [4.78, 5) is 14.5. The average Bonchev–Trinajstić information content (AvgIpc) is 2.83. The molecule has 0 bridgehead atoms. The van der Waals surface area contributed by atoms with Crippen molar-refractivity contribution in [2.45, 2.75) is 19.3 Å². The van der Waals surface area contributed by atoms with Crippen molar-refractivity contribution in [2.24, 2.45) is 5.41 Å². The van der Waals surface area contributed by atoms with E-state index in [1.165, 1.54) is 22.8 Å². The molecule has 4 heteroatoms. The van der Waals surface area contributed by atoms with Crippen LogP contribution in [0.4, 0.5) is 0 Å². The summed E-state index contributed by atoms with van der Waals surface area (Å²) in [7, 11) is 0. The molecule has 102 valence electrons. The first-order valence-electron chi connectivity index (χ1n) is 6.94. The molecule has 0 atom stereocenters. The SMILES string of the molecule is O=C(c1ccc(I)cc1)N1CCC2(CCNCC2)C1. The lowest BCUT2D eigenvalue weighted by Gasteiger charge is -2.33. The van der Waals surface area contributed by atoms with E-state index in [1.807, 2.05) is 29.2 Å². The van der Waals surface area contributed by atoms with Crippen LogP contribution in [0.1, 0.15) is 29.6 Å². The number of halogens is 1. The van der Waals surface area contributed by atoms with Crippen LogP contribution in [-0.4, -0.2) is 37.0 Å². The van der Waals surface area contributed by atoms with Crippen molar-refractivity contribution in [1.82, 2.24) is 10.2 Å². The molecular formula is C15H19IN2O. The summed E-state index contributed by atoms with van der Waals surface area (Å²) in [5.41, 5.74) is 1.22. The second kappa shape index (κ2) is 5.40. The zero-order valence-electron chi connectivity index (χ0n) is 11.0. The molecule has 3 rings (SSSR count). The summed E-state index contributed by atoms with van der Waals surface area (Å²) >= 11 is 2.27. The van der Waals surface area contributed by atoms with E-state index in [4.69, 9.17) is 0 Å². The van der Waals surface area contributed by atoms with Gasteiger partial charge in [-0.05, 0) is 84.6 Å². The Morgan fingerprint density at radius 3 is 2.53 bits per heavy atom. The highest BCUT2D eigenvalue weighted by Crippen LogP contribution is 2.38. The Morgan fingerprint density at radius 1 is 1.16 bits per heavy atom. The minimum absolute atomic E-state index is 0.201. The smallest absolute Gasteiger partial charge is 0.253 e. The lowest BCUT2D eigenvalue weighted by Crippen LogP contribution is -2.39. The second-order valence-corrected chi connectivity index (χ2v) is 6.98. The number of hydrogen-bond acceptors (Lipinski definition) is 2. The van der Waals surface area contributed by atoms with E-state index >= 15 is 0 Å². The van der Waals surface area contributed by atoms with E-state index in [0.717, 1.165) is 31.7 Å². The summed E-state index contributed by atoms with van der Waals surface area (Å²) in [5, 5.41) is 3.41. The summed E-state index contributed by atoms with van der Waals surface area (Å²) in [6.07, 6.45) is 3.59. The number of carbonyl (C=O) groups is 1. The molecule has 0 saturated carbocycles. The van der Waals surface area contributed by atoms with Crippen molar-refractivity contribution < 1.29 is 4.79 Å². The zero-order valence-corrected chi connectivity index (χ0v) is 13.2. The molecule has 2 aliphatic rings. The highest BCUT2D eigenvalue weighted by molar-refractivity contribution is 14.1. The fourth-order valence-corrected chi connectivity index (χ4v) is 3.61. The highest BCUT2D eigenvalue weighted by atomic mass is 127. The quantitative estimate of drug-likeness (QED) is 0.771. The van der Waals surface area contributed by atoms with Crippen LogP contribution in [0.15, 0.2) is 24.3 Å². The predicted molar refractivity (Wildman–Crippen MR) is 84.2 cm³/mol. The Balaban J connectivity index is 1.70. The third kappa shape index (κ3) is 2.79. The van der Waals surface area contributed by atoms with Crippen molar-refractivity contribution >= 4 is 28.5 Å². The molecule has 0 aliphatic carbocycles.